The molecule has 29 heavy (non-hydrogen) atoms. The fraction of sp³-hybridized carbons (Fsp3) is 0.174. The summed E-state index contributed by atoms with van der Waals surface area (Å²) in [6.45, 7) is 3.29. The average Bonchev–Trinajstić information content (AvgIpc) is 3.31. The number of ether oxygens (including phenoxy) is 1. The summed E-state index contributed by atoms with van der Waals surface area (Å²) in [5.74, 6) is 0.753. The van der Waals surface area contributed by atoms with E-state index in [2.05, 4.69) is 43.0 Å². The van der Waals surface area contributed by atoms with Gasteiger partial charge in [-0.3, -0.25) is 9.97 Å². The van der Waals surface area contributed by atoms with Gasteiger partial charge in [0.2, 0.25) is 0 Å². The first-order valence-corrected chi connectivity index (χ1v) is 9.72. The van der Waals surface area contributed by atoms with E-state index in [1.165, 1.54) is 0 Å². The maximum atomic E-state index is 5.45. The van der Waals surface area contributed by atoms with Crippen LogP contribution in [0.1, 0.15) is 0 Å². The van der Waals surface area contributed by atoms with Gasteiger partial charge in [0.05, 0.1) is 37.0 Å². The van der Waals surface area contributed by atoms with E-state index in [9.17, 15) is 0 Å². The van der Waals surface area contributed by atoms with Crippen molar-refractivity contribution in [2.45, 2.75) is 0 Å². The Bertz CT molecular complexity index is 1100. The lowest BCUT2D eigenvalue weighted by atomic mass is 10.1. The number of rotatable bonds is 4. The number of aromatic amines is 1. The predicted molar refractivity (Wildman–Crippen MR) is 114 cm³/mol. The summed E-state index contributed by atoms with van der Waals surface area (Å²) >= 11 is 0. The van der Waals surface area contributed by atoms with Gasteiger partial charge in [0.25, 0.3) is 0 Å². The van der Waals surface area contributed by atoms with Crippen molar-refractivity contribution in [2.24, 2.45) is 0 Å². The van der Waals surface area contributed by atoms with Crippen LogP contribution in [0.25, 0.3) is 33.9 Å². The minimum atomic E-state index is 0.753. The molecule has 0 radical (unpaired) electrons. The Labute approximate surface area is 169 Å². The second-order valence-electron chi connectivity index (χ2n) is 6.97. The van der Waals surface area contributed by atoms with Crippen LogP contribution in [0.2, 0.25) is 0 Å². The van der Waals surface area contributed by atoms with Crippen LogP contribution >= 0.6 is 0 Å². The molecule has 1 fully saturated rings. The van der Waals surface area contributed by atoms with Gasteiger partial charge in [0, 0.05) is 31.0 Å². The molecule has 0 bridgehead atoms. The lowest BCUT2D eigenvalue weighted by Crippen LogP contribution is -2.36. The van der Waals surface area contributed by atoms with Crippen molar-refractivity contribution in [3.8, 4) is 33.9 Å². The summed E-state index contributed by atoms with van der Waals surface area (Å²) in [5, 5.41) is 0. The number of anilines is 1. The molecule has 1 aliphatic rings. The number of morpholine rings is 1. The summed E-state index contributed by atoms with van der Waals surface area (Å²) < 4.78 is 5.45. The first kappa shape index (κ1) is 17.6. The van der Waals surface area contributed by atoms with E-state index in [4.69, 9.17) is 4.74 Å². The topological polar surface area (TPSA) is 66.9 Å². The number of hydrogen-bond donors (Lipinski definition) is 1. The number of H-pyrrole nitrogens is 1. The quantitative estimate of drug-likeness (QED) is 0.576. The molecule has 0 atom stereocenters. The Kier molecular flexibility index (Phi) is 4.76. The summed E-state index contributed by atoms with van der Waals surface area (Å²) in [6, 6.07) is 16.4. The zero-order valence-electron chi connectivity index (χ0n) is 16.0. The largest absolute Gasteiger partial charge is 0.378 e. The third kappa shape index (κ3) is 3.75. The smallest absolute Gasteiger partial charge is 0.156 e. The molecule has 0 saturated carbocycles. The Balaban J connectivity index is 1.44. The number of benzene rings is 1. The fourth-order valence-electron chi connectivity index (χ4n) is 3.54. The molecule has 6 heteroatoms. The molecule has 3 aromatic heterocycles. The zero-order chi connectivity index (χ0) is 19.5. The van der Waals surface area contributed by atoms with Crippen LogP contribution < -0.4 is 4.90 Å². The minimum absolute atomic E-state index is 0.753. The predicted octanol–water partition coefficient (Wildman–Crippen LogP) is 4.04. The highest BCUT2D eigenvalue weighted by Gasteiger charge is 2.13. The molecular formula is C23H21N5O. The van der Waals surface area contributed by atoms with Gasteiger partial charge in [0.15, 0.2) is 5.82 Å². The first-order valence-electron chi connectivity index (χ1n) is 9.72. The number of hydrogen-bond acceptors (Lipinski definition) is 5. The molecule has 1 N–H and O–H groups in total. The van der Waals surface area contributed by atoms with Gasteiger partial charge < -0.3 is 14.6 Å². The van der Waals surface area contributed by atoms with E-state index in [-0.39, 0.29) is 0 Å². The van der Waals surface area contributed by atoms with Crippen LogP contribution in [0.3, 0.4) is 0 Å². The molecule has 4 aromatic rings. The fourth-order valence-corrected chi connectivity index (χ4v) is 3.54. The SMILES string of the molecule is c1ccc(-c2cnc(-c3cc(-c4cncc(N5CCOCC5)c4)ccn3)[nH]2)cc1. The molecule has 0 aliphatic carbocycles. The van der Waals surface area contributed by atoms with Crippen LogP contribution in [0.15, 0.2) is 73.3 Å². The van der Waals surface area contributed by atoms with Crippen LogP contribution in [-0.4, -0.2) is 46.2 Å². The Morgan fingerprint density at radius 2 is 1.69 bits per heavy atom. The van der Waals surface area contributed by atoms with Crippen molar-refractivity contribution < 1.29 is 4.74 Å². The summed E-state index contributed by atoms with van der Waals surface area (Å²) in [5.41, 5.74) is 6.13. The van der Waals surface area contributed by atoms with E-state index in [0.29, 0.717) is 0 Å². The molecule has 0 unspecified atom stereocenters. The Morgan fingerprint density at radius 3 is 2.55 bits per heavy atom. The van der Waals surface area contributed by atoms with E-state index >= 15 is 0 Å². The van der Waals surface area contributed by atoms with Crippen molar-refractivity contribution in [1.82, 2.24) is 19.9 Å². The monoisotopic (exact) mass is 383 g/mol. The molecule has 0 amide bonds. The van der Waals surface area contributed by atoms with Crippen LogP contribution in [0, 0.1) is 0 Å². The number of pyridine rings is 2. The van der Waals surface area contributed by atoms with Crippen molar-refractivity contribution in [2.75, 3.05) is 31.2 Å². The highest BCUT2D eigenvalue weighted by atomic mass is 16.5. The summed E-state index contributed by atoms with van der Waals surface area (Å²) in [7, 11) is 0. The number of imidazole rings is 1. The molecule has 1 aliphatic heterocycles. The van der Waals surface area contributed by atoms with Crippen molar-refractivity contribution in [1.29, 1.82) is 0 Å². The molecular weight excluding hydrogens is 362 g/mol. The summed E-state index contributed by atoms with van der Waals surface area (Å²) in [4.78, 5) is 19.2. The zero-order valence-corrected chi connectivity index (χ0v) is 16.0. The van der Waals surface area contributed by atoms with E-state index in [1.807, 2.05) is 55.1 Å². The highest BCUT2D eigenvalue weighted by Crippen LogP contribution is 2.27. The average molecular weight is 383 g/mol. The van der Waals surface area contributed by atoms with Gasteiger partial charge in [-0.1, -0.05) is 30.3 Å². The lowest BCUT2D eigenvalue weighted by Gasteiger charge is -2.28. The Morgan fingerprint density at radius 1 is 0.828 bits per heavy atom. The first-order chi connectivity index (χ1) is 14.4. The van der Waals surface area contributed by atoms with E-state index in [1.54, 1.807) is 0 Å². The summed E-state index contributed by atoms with van der Waals surface area (Å²) in [6.07, 6.45) is 7.46. The Hall–Kier alpha value is -3.51. The second-order valence-corrected chi connectivity index (χ2v) is 6.97. The van der Waals surface area contributed by atoms with E-state index in [0.717, 1.165) is 65.9 Å². The van der Waals surface area contributed by atoms with Gasteiger partial charge in [-0.25, -0.2) is 4.98 Å². The number of aromatic nitrogens is 4. The lowest BCUT2D eigenvalue weighted by molar-refractivity contribution is 0.122. The number of nitrogens with zero attached hydrogens (tertiary/aromatic N) is 4. The van der Waals surface area contributed by atoms with Crippen LogP contribution in [-0.2, 0) is 4.74 Å². The second kappa shape index (κ2) is 7.85. The minimum Gasteiger partial charge on any atom is -0.378 e. The maximum absolute atomic E-state index is 5.45. The molecule has 1 aromatic carbocycles. The van der Waals surface area contributed by atoms with Crippen molar-refractivity contribution >= 4 is 5.69 Å². The van der Waals surface area contributed by atoms with E-state index < -0.39 is 0 Å². The standard InChI is InChI=1S/C23H21N5O/c1-2-4-17(5-3-1)22-16-26-23(27-22)21-13-18(6-7-25-21)19-12-20(15-24-14-19)28-8-10-29-11-9-28/h1-7,12-16H,8-11H2,(H,26,27). The highest BCUT2D eigenvalue weighted by molar-refractivity contribution is 5.71. The van der Waals surface area contributed by atoms with Crippen LogP contribution in [0.4, 0.5) is 5.69 Å². The van der Waals surface area contributed by atoms with Gasteiger partial charge >= 0.3 is 0 Å². The molecule has 0 spiro atoms. The molecule has 1 saturated heterocycles. The third-order valence-electron chi connectivity index (χ3n) is 5.10. The molecule has 5 rings (SSSR count). The van der Waals surface area contributed by atoms with Crippen molar-refractivity contribution in [3.05, 3.63) is 73.3 Å². The number of nitrogens with one attached hydrogen (secondary N) is 1. The van der Waals surface area contributed by atoms with Crippen LogP contribution in [0.5, 0.6) is 0 Å². The molecule has 4 heterocycles. The van der Waals surface area contributed by atoms with Gasteiger partial charge in [-0.15, -0.1) is 0 Å². The molecule has 6 nitrogen and oxygen atoms in total. The third-order valence-corrected chi connectivity index (χ3v) is 5.10. The van der Waals surface area contributed by atoms with Gasteiger partial charge in [-0.2, -0.15) is 0 Å². The molecule has 144 valence electrons. The van der Waals surface area contributed by atoms with Gasteiger partial charge in [-0.05, 0) is 29.3 Å². The van der Waals surface area contributed by atoms with Gasteiger partial charge in [0.1, 0.15) is 5.69 Å². The van der Waals surface area contributed by atoms with Crippen molar-refractivity contribution in [3.63, 3.8) is 0 Å². The normalized spacial score (nSPS) is 14.1. The maximum Gasteiger partial charge on any atom is 0.156 e.